The van der Waals surface area contributed by atoms with Gasteiger partial charge in [-0.25, -0.2) is 9.78 Å². The average Bonchev–Trinajstić information content (AvgIpc) is 3.15. The predicted molar refractivity (Wildman–Crippen MR) is 102 cm³/mol. The molecule has 0 aromatic carbocycles. The fraction of sp³-hybridized carbons (Fsp3) is 0.389. The smallest absolute Gasteiger partial charge is 0.417 e. The molecule has 7 nitrogen and oxygen atoms in total. The zero-order valence-corrected chi connectivity index (χ0v) is 16.3. The molecular formula is C18H19F3N4O3S. The van der Waals surface area contributed by atoms with E-state index in [9.17, 15) is 22.8 Å². The summed E-state index contributed by atoms with van der Waals surface area (Å²) in [5.41, 5.74) is -0.365. The summed E-state index contributed by atoms with van der Waals surface area (Å²) in [4.78, 5) is 32.0. The lowest BCUT2D eigenvalue weighted by molar-refractivity contribution is -0.137. The Balaban J connectivity index is 1.50. The lowest BCUT2D eigenvalue weighted by atomic mass is 10.2. The van der Waals surface area contributed by atoms with E-state index < -0.39 is 17.7 Å². The molecule has 11 heteroatoms. The van der Waals surface area contributed by atoms with Crippen LogP contribution in [0, 0.1) is 0 Å². The second kappa shape index (κ2) is 8.78. The number of ether oxygens (including phenoxy) is 1. The van der Waals surface area contributed by atoms with Gasteiger partial charge < -0.3 is 15.0 Å². The maximum absolute atomic E-state index is 12.6. The highest BCUT2D eigenvalue weighted by atomic mass is 32.1. The molecule has 0 aliphatic carbocycles. The number of esters is 1. The van der Waals surface area contributed by atoms with E-state index in [4.69, 9.17) is 0 Å². The number of carbonyl (C=O) groups excluding carboxylic acids is 2. The van der Waals surface area contributed by atoms with Gasteiger partial charge in [-0.15, -0.1) is 11.3 Å². The third-order valence-electron chi connectivity index (χ3n) is 4.45. The van der Waals surface area contributed by atoms with Crippen LogP contribution in [0.15, 0.2) is 29.8 Å². The lowest BCUT2D eigenvalue weighted by Crippen LogP contribution is -2.49. The van der Waals surface area contributed by atoms with Crippen molar-refractivity contribution in [2.24, 2.45) is 0 Å². The minimum absolute atomic E-state index is 0.144. The molecule has 1 fully saturated rings. The van der Waals surface area contributed by atoms with Gasteiger partial charge in [-0.2, -0.15) is 13.2 Å². The van der Waals surface area contributed by atoms with Crippen LogP contribution in [-0.2, 0) is 15.7 Å². The molecule has 1 saturated heterocycles. The Morgan fingerprint density at radius 2 is 1.93 bits per heavy atom. The molecule has 1 N–H and O–H groups in total. The standard InChI is InChI=1S/C18H19F3N4O3S/c1-28-17(27)16-13(4-9-29-16)23-15(26)11-24-5-7-25(8-6-24)14-3-2-12(10-22-14)18(19,20)21/h2-4,9-10H,5-8,11H2,1H3,(H,23,26). The minimum Gasteiger partial charge on any atom is -0.465 e. The van der Waals surface area contributed by atoms with Crippen LogP contribution < -0.4 is 10.2 Å². The monoisotopic (exact) mass is 428 g/mol. The summed E-state index contributed by atoms with van der Waals surface area (Å²) in [6.45, 7) is 2.34. The quantitative estimate of drug-likeness (QED) is 0.739. The van der Waals surface area contributed by atoms with E-state index in [0.29, 0.717) is 42.6 Å². The summed E-state index contributed by atoms with van der Waals surface area (Å²) in [7, 11) is 1.28. The number of alkyl halides is 3. The Labute approximate surface area is 169 Å². The first-order valence-corrected chi connectivity index (χ1v) is 9.62. The molecule has 1 amide bonds. The summed E-state index contributed by atoms with van der Waals surface area (Å²) in [5, 5.41) is 4.40. The minimum atomic E-state index is -4.41. The van der Waals surface area contributed by atoms with Crippen LogP contribution in [0.3, 0.4) is 0 Å². The molecule has 156 valence electrons. The number of amides is 1. The van der Waals surface area contributed by atoms with E-state index in [-0.39, 0.29) is 12.5 Å². The third kappa shape index (κ3) is 5.24. The summed E-state index contributed by atoms with van der Waals surface area (Å²) >= 11 is 1.18. The van der Waals surface area contributed by atoms with Gasteiger partial charge in [0.1, 0.15) is 10.7 Å². The van der Waals surface area contributed by atoms with Crippen molar-refractivity contribution in [3.8, 4) is 0 Å². The van der Waals surface area contributed by atoms with Gasteiger partial charge in [0, 0.05) is 32.4 Å². The predicted octanol–water partition coefficient (Wildman–Crippen LogP) is 2.71. The second-order valence-electron chi connectivity index (χ2n) is 6.37. The number of nitrogens with one attached hydrogen (secondary N) is 1. The van der Waals surface area contributed by atoms with Crippen molar-refractivity contribution < 1.29 is 27.5 Å². The number of piperazine rings is 1. The van der Waals surface area contributed by atoms with Crippen molar-refractivity contribution >= 4 is 34.7 Å². The average molecular weight is 428 g/mol. The SMILES string of the molecule is COC(=O)c1sccc1NC(=O)CN1CCN(c2ccc(C(F)(F)F)cn2)CC1. The molecule has 0 bridgehead atoms. The normalized spacial score (nSPS) is 15.2. The second-order valence-corrected chi connectivity index (χ2v) is 7.29. The van der Waals surface area contributed by atoms with Gasteiger partial charge in [0.2, 0.25) is 5.91 Å². The Morgan fingerprint density at radius 1 is 1.21 bits per heavy atom. The highest BCUT2D eigenvalue weighted by Gasteiger charge is 2.31. The van der Waals surface area contributed by atoms with Crippen molar-refractivity contribution in [1.82, 2.24) is 9.88 Å². The molecule has 3 heterocycles. The number of anilines is 2. The number of hydrogen-bond acceptors (Lipinski definition) is 7. The maximum atomic E-state index is 12.6. The molecule has 0 saturated carbocycles. The largest absolute Gasteiger partial charge is 0.465 e. The highest BCUT2D eigenvalue weighted by Crippen LogP contribution is 2.29. The Kier molecular flexibility index (Phi) is 6.38. The first-order chi connectivity index (χ1) is 13.8. The first kappa shape index (κ1) is 21.1. The Hall–Kier alpha value is -2.66. The van der Waals surface area contributed by atoms with E-state index in [1.165, 1.54) is 24.5 Å². The first-order valence-electron chi connectivity index (χ1n) is 8.74. The van der Waals surface area contributed by atoms with Crippen LogP contribution in [0.4, 0.5) is 24.7 Å². The molecular weight excluding hydrogens is 409 g/mol. The van der Waals surface area contributed by atoms with Crippen LogP contribution in [-0.4, -0.2) is 61.6 Å². The van der Waals surface area contributed by atoms with E-state index in [2.05, 4.69) is 15.0 Å². The van der Waals surface area contributed by atoms with Crippen LogP contribution >= 0.6 is 11.3 Å². The maximum Gasteiger partial charge on any atom is 0.417 e. The number of carbonyl (C=O) groups is 2. The number of hydrogen-bond donors (Lipinski definition) is 1. The number of thiophene rings is 1. The number of halogens is 3. The molecule has 1 aliphatic heterocycles. The number of rotatable bonds is 5. The number of nitrogens with zero attached hydrogens (tertiary/aromatic N) is 3. The Bertz CT molecular complexity index is 862. The van der Waals surface area contributed by atoms with Gasteiger partial charge in [0.05, 0.1) is 24.9 Å². The van der Waals surface area contributed by atoms with Crippen molar-refractivity contribution in [3.63, 3.8) is 0 Å². The molecule has 2 aromatic heterocycles. The fourth-order valence-electron chi connectivity index (χ4n) is 2.93. The summed E-state index contributed by atoms with van der Waals surface area (Å²) < 4.78 is 42.6. The van der Waals surface area contributed by atoms with Crippen LogP contribution in [0.25, 0.3) is 0 Å². The van der Waals surface area contributed by atoms with Gasteiger partial charge in [-0.05, 0) is 23.6 Å². The lowest BCUT2D eigenvalue weighted by Gasteiger charge is -2.35. The topological polar surface area (TPSA) is 74.8 Å². The zero-order valence-electron chi connectivity index (χ0n) is 15.5. The number of aromatic nitrogens is 1. The number of pyridine rings is 1. The van der Waals surface area contributed by atoms with Gasteiger partial charge in [0.15, 0.2) is 0 Å². The van der Waals surface area contributed by atoms with E-state index in [1.807, 2.05) is 9.80 Å². The zero-order chi connectivity index (χ0) is 21.0. The third-order valence-corrected chi connectivity index (χ3v) is 5.34. The van der Waals surface area contributed by atoms with Crippen LogP contribution in [0.2, 0.25) is 0 Å². The van der Waals surface area contributed by atoms with E-state index >= 15 is 0 Å². The molecule has 0 atom stereocenters. The van der Waals surface area contributed by atoms with Crippen molar-refractivity contribution in [2.45, 2.75) is 6.18 Å². The van der Waals surface area contributed by atoms with Gasteiger partial charge in [-0.3, -0.25) is 9.69 Å². The summed E-state index contributed by atoms with van der Waals surface area (Å²) in [5.74, 6) is -0.286. The molecule has 0 spiro atoms. The Morgan fingerprint density at radius 3 is 2.52 bits per heavy atom. The van der Waals surface area contributed by atoms with E-state index in [0.717, 1.165) is 12.3 Å². The van der Waals surface area contributed by atoms with Crippen LogP contribution in [0.1, 0.15) is 15.2 Å². The van der Waals surface area contributed by atoms with E-state index in [1.54, 1.807) is 11.4 Å². The van der Waals surface area contributed by atoms with Crippen molar-refractivity contribution in [2.75, 3.05) is 50.1 Å². The summed E-state index contributed by atoms with van der Waals surface area (Å²) in [6.07, 6.45) is -3.58. The molecule has 3 rings (SSSR count). The molecule has 29 heavy (non-hydrogen) atoms. The molecule has 1 aliphatic rings. The van der Waals surface area contributed by atoms with Gasteiger partial charge in [-0.1, -0.05) is 0 Å². The molecule has 0 radical (unpaired) electrons. The van der Waals surface area contributed by atoms with Gasteiger partial charge in [0.25, 0.3) is 0 Å². The molecule has 2 aromatic rings. The van der Waals surface area contributed by atoms with Crippen molar-refractivity contribution in [1.29, 1.82) is 0 Å². The molecule has 0 unspecified atom stereocenters. The van der Waals surface area contributed by atoms with Gasteiger partial charge >= 0.3 is 12.1 Å². The highest BCUT2D eigenvalue weighted by molar-refractivity contribution is 7.12. The summed E-state index contributed by atoms with van der Waals surface area (Å²) in [6, 6.07) is 4.01. The number of methoxy groups -OCH3 is 1. The fourth-order valence-corrected chi connectivity index (χ4v) is 3.69. The van der Waals surface area contributed by atoms with Crippen LogP contribution in [0.5, 0.6) is 0 Å². The van der Waals surface area contributed by atoms with Crippen molar-refractivity contribution in [3.05, 3.63) is 40.2 Å².